The van der Waals surface area contributed by atoms with Gasteiger partial charge in [-0.05, 0) is 29.3 Å². The van der Waals surface area contributed by atoms with E-state index in [2.05, 4.69) is 59.3 Å². The quantitative estimate of drug-likeness (QED) is 0.721. The highest BCUT2D eigenvalue weighted by atomic mass is 79.9. The lowest BCUT2D eigenvalue weighted by molar-refractivity contribution is -0.00692. The minimum atomic E-state index is 0.0477. The molecule has 2 aromatic carbocycles. The van der Waals surface area contributed by atoms with Crippen molar-refractivity contribution < 1.29 is 4.74 Å². The van der Waals surface area contributed by atoms with Gasteiger partial charge in [0.15, 0.2) is 0 Å². The Labute approximate surface area is 104 Å². The average molecular weight is 277 g/mol. The Bertz CT molecular complexity index is 543. The van der Waals surface area contributed by atoms with Crippen LogP contribution in [0.1, 0.15) is 11.1 Å². The van der Waals surface area contributed by atoms with Gasteiger partial charge in [-0.15, -0.1) is 0 Å². The normalized spacial score (nSPS) is 18.4. The summed E-state index contributed by atoms with van der Waals surface area (Å²) in [5, 5.41) is 2.61. The van der Waals surface area contributed by atoms with Crippen LogP contribution in [0, 0.1) is 6.92 Å². The number of halogens is 1. The van der Waals surface area contributed by atoms with Crippen LogP contribution in [0.5, 0.6) is 0 Å². The van der Waals surface area contributed by atoms with Gasteiger partial charge in [0.2, 0.25) is 0 Å². The van der Waals surface area contributed by atoms with Crippen molar-refractivity contribution in [2.75, 3.05) is 13.2 Å². The first-order chi connectivity index (χ1) is 7.67. The highest BCUT2D eigenvalue weighted by Crippen LogP contribution is 2.39. The Morgan fingerprint density at radius 3 is 2.44 bits per heavy atom. The van der Waals surface area contributed by atoms with E-state index < -0.39 is 0 Å². The second kappa shape index (κ2) is 3.57. The van der Waals surface area contributed by atoms with Crippen LogP contribution in [0.2, 0.25) is 0 Å². The van der Waals surface area contributed by atoms with Gasteiger partial charge in [-0.2, -0.15) is 0 Å². The number of ether oxygens (including phenoxy) is 1. The molecule has 1 heterocycles. The van der Waals surface area contributed by atoms with E-state index >= 15 is 0 Å². The van der Waals surface area contributed by atoms with Gasteiger partial charge in [0, 0.05) is 0 Å². The molecule has 1 aliphatic rings. The van der Waals surface area contributed by atoms with Crippen molar-refractivity contribution in [3.63, 3.8) is 0 Å². The number of hydrogen-bond donors (Lipinski definition) is 0. The zero-order chi connectivity index (χ0) is 11.2. The van der Waals surface area contributed by atoms with Gasteiger partial charge in [-0.1, -0.05) is 51.8 Å². The summed E-state index contributed by atoms with van der Waals surface area (Å²) in [4.78, 5) is 0. The first-order valence-electron chi connectivity index (χ1n) is 5.45. The van der Waals surface area contributed by atoms with Crippen molar-refractivity contribution in [1.29, 1.82) is 0 Å². The van der Waals surface area contributed by atoms with Crippen LogP contribution in [0.25, 0.3) is 10.8 Å². The summed E-state index contributed by atoms with van der Waals surface area (Å²) in [7, 11) is 0. The molecule has 1 saturated heterocycles. The van der Waals surface area contributed by atoms with E-state index in [1.807, 2.05) is 0 Å². The van der Waals surface area contributed by atoms with Crippen LogP contribution in [0.15, 0.2) is 36.4 Å². The van der Waals surface area contributed by atoms with Crippen molar-refractivity contribution >= 4 is 26.7 Å². The van der Waals surface area contributed by atoms with Crippen LogP contribution in [-0.4, -0.2) is 13.2 Å². The number of rotatable bonds is 1. The Hall–Kier alpha value is -0.860. The Morgan fingerprint density at radius 1 is 1.06 bits per heavy atom. The van der Waals surface area contributed by atoms with Crippen LogP contribution in [0.4, 0.5) is 0 Å². The number of benzene rings is 2. The molecule has 0 aliphatic carbocycles. The standard InChI is InChI=1S/C14H13BrO/c1-10-2-3-12-7-13(5-4-11(12)6-10)14(15)8-16-9-14/h2-7H,8-9H2,1H3. The van der Waals surface area contributed by atoms with Gasteiger partial charge in [0.25, 0.3) is 0 Å². The molecule has 2 heteroatoms. The van der Waals surface area contributed by atoms with E-state index in [1.54, 1.807) is 0 Å². The van der Waals surface area contributed by atoms with Gasteiger partial charge in [-0.3, -0.25) is 0 Å². The maximum absolute atomic E-state index is 5.28. The maximum Gasteiger partial charge on any atom is 0.0971 e. The molecule has 1 fully saturated rings. The summed E-state index contributed by atoms with van der Waals surface area (Å²) in [6.45, 7) is 3.66. The molecule has 1 aliphatic heterocycles. The first kappa shape index (κ1) is 10.3. The molecule has 0 spiro atoms. The summed E-state index contributed by atoms with van der Waals surface area (Å²) in [5.74, 6) is 0. The second-order valence-corrected chi connectivity index (χ2v) is 6.04. The lowest BCUT2D eigenvalue weighted by Crippen LogP contribution is -2.40. The lowest BCUT2D eigenvalue weighted by atomic mass is 9.94. The molecule has 0 atom stereocenters. The largest absolute Gasteiger partial charge is 0.378 e. The summed E-state index contributed by atoms with van der Waals surface area (Å²) in [6, 6.07) is 13.2. The van der Waals surface area contributed by atoms with Crippen LogP contribution < -0.4 is 0 Å². The molecule has 0 bridgehead atoms. The molecule has 0 radical (unpaired) electrons. The van der Waals surface area contributed by atoms with Crippen molar-refractivity contribution in [3.05, 3.63) is 47.5 Å². The molecular weight excluding hydrogens is 264 g/mol. The number of alkyl halides is 1. The molecule has 1 nitrogen and oxygen atoms in total. The summed E-state index contributed by atoms with van der Waals surface area (Å²) < 4.78 is 5.32. The smallest absolute Gasteiger partial charge is 0.0971 e. The zero-order valence-electron chi connectivity index (χ0n) is 9.16. The SMILES string of the molecule is Cc1ccc2cc(C3(Br)COC3)ccc2c1. The first-order valence-corrected chi connectivity index (χ1v) is 6.24. The highest BCUT2D eigenvalue weighted by Gasteiger charge is 2.37. The molecule has 16 heavy (non-hydrogen) atoms. The summed E-state index contributed by atoms with van der Waals surface area (Å²) in [5.41, 5.74) is 2.62. The minimum Gasteiger partial charge on any atom is -0.378 e. The van der Waals surface area contributed by atoms with E-state index in [9.17, 15) is 0 Å². The molecular formula is C14H13BrO. The lowest BCUT2D eigenvalue weighted by Gasteiger charge is -2.36. The fourth-order valence-corrected chi connectivity index (χ4v) is 2.66. The fraction of sp³-hybridized carbons (Fsp3) is 0.286. The third-order valence-corrected chi connectivity index (χ3v) is 4.09. The third kappa shape index (κ3) is 1.57. The molecule has 0 unspecified atom stereocenters. The maximum atomic E-state index is 5.28. The van der Waals surface area contributed by atoms with Crippen molar-refractivity contribution in [3.8, 4) is 0 Å². The van der Waals surface area contributed by atoms with Crippen molar-refractivity contribution in [1.82, 2.24) is 0 Å². The molecule has 0 saturated carbocycles. The Morgan fingerprint density at radius 2 is 1.75 bits per heavy atom. The molecule has 2 aromatic rings. The summed E-state index contributed by atoms with van der Waals surface area (Å²) in [6.07, 6.45) is 0. The highest BCUT2D eigenvalue weighted by molar-refractivity contribution is 9.09. The van der Waals surface area contributed by atoms with Crippen molar-refractivity contribution in [2.24, 2.45) is 0 Å². The van der Waals surface area contributed by atoms with E-state index in [4.69, 9.17) is 4.74 Å². The number of hydrogen-bond acceptors (Lipinski definition) is 1. The number of aryl methyl sites for hydroxylation is 1. The molecule has 0 aromatic heterocycles. The van der Waals surface area contributed by atoms with E-state index in [-0.39, 0.29) is 4.32 Å². The monoisotopic (exact) mass is 276 g/mol. The predicted octanol–water partition coefficient (Wildman–Crippen LogP) is 3.77. The predicted molar refractivity (Wildman–Crippen MR) is 70.1 cm³/mol. The van der Waals surface area contributed by atoms with E-state index in [0.717, 1.165) is 13.2 Å². The number of fused-ring (bicyclic) bond motifs is 1. The van der Waals surface area contributed by atoms with Gasteiger partial charge < -0.3 is 4.74 Å². The topological polar surface area (TPSA) is 9.23 Å². The minimum absolute atomic E-state index is 0.0477. The Balaban J connectivity index is 2.12. The molecule has 82 valence electrons. The van der Waals surface area contributed by atoms with E-state index in [1.165, 1.54) is 21.9 Å². The van der Waals surface area contributed by atoms with E-state index in [0.29, 0.717) is 0 Å². The van der Waals surface area contributed by atoms with Crippen LogP contribution in [-0.2, 0) is 9.06 Å². The fourth-order valence-electron chi connectivity index (χ4n) is 2.09. The Kier molecular flexibility index (Phi) is 2.30. The zero-order valence-corrected chi connectivity index (χ0v) is 10.8. The van der Waals surface area contributed by atoms with Crippen LogP contribution >= 0.6 is 15.9 Å². The van der Waals surface area contributed by atoms with Crippen LogP contribution in [0.3, 0.4) is 0 Å². The van der Waals surface area contributed by atoms with Gasteiger partial charge in [-0.25, -0.2) is 0 Å². The molecule has 0 amide bonds. The van der Waals surface area contributed by atoms with Gasteiger partial charge >= 0.3 is 0 Å². The van der Waals surface area contributed by atoms with Gasteiger partial charge in [0.05, 0.1) is 17.5 Å². The second-order valence-electron chi connectivity index (χ2n) is 4.52. The molecule has 0 N–H and O–H groups in total. The third-order valence-electron chi connectivity index (χ3n) is 3.17. The van der Waals surface area contributed by atoms with Gasteiger partial charge in [0.1, 0.15) is 0 Å². The summed E-state index contributed by atoms with van der Waals surface area (Å²) >= 11 is 3.75. The molecule has 3 rings (SSSR count). The average Bonchev–Trinajstić information content (AvgIpc) is 2.25. The van der Waals surface area contributed by atoms with Crippen molar-refractivity contribution in [2.45, 2.75) is 11.2 Å².